The van der Waals surface area contributed by atoms with Gasteiger partial charge in [-0.05, 0) is 63.0 Å². The van der Waals surface area contributed by atoms with Crippen molar-refractivity contribution in [2.75, 3.05) is 26.7 Å². The standard InChI is InChI=1S/C17H27BrN2/c1-3-19-17(15-8-5-9-16(18)12-15)10-11-20(2)13-14-6-4-7-14/h5,8-9,12,14,17,19H,3-4,6-7,10-11,13H2,1-2H3. The zero-order valence-corrected chi connectivity index (χ0v) is 14.3. The highest BCUT2D eigenvalue weighted by molar-refractivity contribution is 9.10. The van der Waals surface area contributed by atoms with Crippen LogP contribution in [0.25, 0.3) is 0 Å². The molecule has 1 saturated carbocycles. The van der Waals surface area contributed by atoms with Crippen LogP contribution in [0.4, 0.5) is 0 Å². The van der Waals surface area contributed by atoms with Gasteiger partial charge in [0.1, 0.15) is 0 Å². The van der Waals surface area contributed by atoms with Crippen LogP contribution in [0.5, 0.6) is 0 Å². The largest absolute Gasteiger partial charge is 0.310 e. The molecule has 0 bridgehead atoms. The molecule has 1 N–H and O–H groups in total. The van der Waals surface area contributed by atoms with Gasteiger partial charge in [-0.1, -0.05) is 41.4 Å². The number of rotatable bonds is 8. The second-order valence-corrected chi connectivity index (χ2v) is 6.93. The van der Waals surface area contributed by atoms with E-state index in [1.807, 2.05) is 0 Å². The SMILES string of the molecule is CCNC(CCN(C)CC1CCC1)c1cccc(Br)c1. The van der Waals surface area contributed by atoms with Crippen LogP contribution in [0.1, 0.15) is 44.2 Å². The highest BCUT2D eigenvalue weighted by Crippen LogP contribution is 2.27. The van der Waals surface area contributed by atoms with Crippen LogP contribution < -0.4 is 5.32 Å². The van der Waals surface area contributed by atoms with Crippen LogP contribution in [0.2, 0.25) is 0 Å². The number of nitrogens with zero attached hydrogens (tertiary/aromatic N) is 1. The summed E-state index contributed by atoms with van der Waals surface area (Å²) in [5.74, 6) is 0.962. The summed E-state index contributed by atoms with van der Waals surface area (Å²) >= 11 is 3.57. The third-order valence-electron chi connectivity index (χ3n) is 4.30. The number of nitrogens with one attached hydrogen (secondary N) is 1. The number of hydrogen-bond acceptors (Lipinski definition) is 2. The molecule has 2 nitrogen and oxygen atoms in total. The van der Waals surface area contributed by atoms with E-state index < -0.39 is 0 Å². The average molecular weight is 339 g/mol. The first-order valence-electron chi connectivity index (χ1n) is 7.86. The van der Waals surface area contributed by atoms with E-state index in [1.165, 1.54) is 48.8 Å². The summed E-state index contributed by atoms with van der Waals surface area (Å²) in [6.07, 6.45) is 5.49. The summed E-state index contributed by atoms with van der Waals surface area (Å²) in [5, 5.41) is 3.62. The molecule has 1 fully saturated rings. The summed E-state index contributed by atoms with van der Waals surface area (Å²) in [6, 6.07) is 9.14. The first-order chi connectivity index (χ1) is 9.69. The van der Waals surface area contributed by atoms with Crippen molar-refractivity contribution in [1.29, 1.82) is 0 Å². The summed E-state index contributed by atoms with van der Waals surface area (Å²) in [4.78, 5) is 2.51. The van der Waals surface area contributed by atoms with Gasteiger partial charge in [0, 0.05) is 17.1 Å². The van der Waals surface area contributed by atoms with Crippen LogP contribution in [-0.4, -0.2) is 31.6 Å². The van der Waals surface area contributed by atoms with Gasteiger partial charge in [0.15, 0.2) is 0 Å². The summed E-state index contributed by atoms with van der Waals surface area (Å²) in [5.41, 5.74) is 1.39. The number of benzene rings is 1. The van der Waals surface area contributed by atoms with Crippen LogP contribution in [0.15, 0.2) is 28.7 Å². The average Bonchev–Trinajstić information content (AvgIpc) is 2.39. The maximum atomic E-state index is 3.62. The molecule has 1 aromatic rings. The van der Waals surface area contributed by atoms with Crippen molar-refractivity contribution in [2.45, 2.75) is 38.6 Å². The molecule has 2 rings (SSSR count). The van der Waals surface area contributed by atoms with Crippen molar-refractivity contribution in [1.82, 2.24) is 10.2 Å². The summed E-state index contributed by atoms with van der Waals surface area (Å²) in [6.45, 7) is 5.64. The van der Waals surface area contributed by atoms with Crippen molar-refractivity contribution in [2.24, 2.45) is 5.92 Å². The Labute approximate surface area is 132 Å². The lowest BCUT2D eigenvalue weighted by Gasteiger charge is -2.31. The molecule has 3 heteroatoms. The first-order valence-corrected chi connectivity index (χ1v) is 8.65. The molecular weight excluding hydrogens is 312 g/mol. The second kappa shape index (κ2) is 8.16. The Bertz CT molecular complexity index is 404. The molecule has 1 aliphatic carbocycles. The van der Waals surface area contributed by atoms with Crippen molar-refractivity contribution >= 4 is 15.9 Å². The first kappa shape index (κ1) is 16.0. The third-order valence-corrected chi connectivity index (χ3v) is 4.79. The Kier molecular flexibility index (Phi) is 6.53. The molecule has 1 aromatic carbocycles. The minimum absolute atomic E-state index is 0.460. The van der Waals surface area contributed by atoms with Crippen molar-refractivity contribution in [3.05, 3.63) is 34.3 Å². The Morgan fingerprint density at radius 2 is 2.20 bits per heavy atom. The van der Waals surface area contributed by atoms with Gasteiger partial charge in [0.05, 0.1) is 0 Å². The van der Waals surface area contributed by atoms with Crippen molar-refractivity contribution in [3.8, 4) is 0 Å². The fourth-order valence-electron chi connectivity index (χ4n) is 2.91. The third kappa shape index (κ3) is 4.87. The fourth-order valence-corrected chi connectivity index (χ4v) is 3.33. The van der Waals surface area contributed by atoms with Gasteiger partial charge < -0.3 is 10.2 Å². The zero-order chi connectivity index (χ0) is 14.4. The monoisotopic (exact) mass is 338 g/mol. The van der Waals surface area contributed by atoms with Crippen LogP contribution >= 0.6 is 15.9 Å². The van der Waals surface area contributed by atoms with Gasteiger partial charge >= 0.3 is 0 Å². The molecule has 1 unspecified atom stereocenters. The van der Waals surface area contributed by atoms with Gasteiger partial charge in [-0.2, -0.15) is 0 Å². The molecule has 0 heterocycles. The molecule has 0 aromatic heterocycles. The summed E-state index contributed by atoms with van der Waals surface area (Å²) < 4.78 is 1.17. The zero-order valence-electron chi connectivity index (χ0n) is 12.7. The van der Waals surface area contributed by atoms with Crippen LogP contribution in [-0.2, 0) is 0 Å². The number of halogens is 1. The Balaban J connectivity index is 1.85. The summed E-state index contributed by atoms with van der Waals surface area (Å²) in [7, 11) is 2.27. The van der Waals surface area contributed by atoms with E-state index in [2.05, 4.69) is 64.4 Å². The predicted octanol–water partition coefficient (Wildman–Crippen LogP) is 4.22. The molecule has 1 atom stereocenters. The molecule has 0 aliphatic heterocycles. The van der Waals surface area contributed by atoms with Crippen molar-refractivity contribution in [3.63, 3.8) is 0 Å². The topological polar surface area (TPSA) is 15.3 Å². The van der Waals surface area contributed by atoms with E-state index in [-0.39, 0.29) is 0 Å². The van der Waals surface area contributed by atoms with E-state index >= 15 is 0 Å². The molecule has 112 valence electrons. The fraction of sp³-hybridized carbons (Fsp3) is 0.647. The minimum Gasteiger partial charge on any atom is -0.310 e. The molecular formula is C17H27BrN2. The van der Waals surface area contributed by atoms with Gasteiger partial charge in [-0.15, -0.1) is 0 Å². The smallest absolute Gasteiger partial charge is 0.0332 e. The van der Waals surface area contributed by atoms with E-state index in [0.717, 1.165) is 12.5 Å². The van der Waals surface area contributed by atoms with E-state index in [9.17, 15) is 0 Å². The lowest BCUT2D eigenvalue weighted by molar-refractivity contribution is 0.199. The van der Waals surface area contributed by atoms with E-state index in [0.29, 0.717) is 6.04 Å². The van der Waals surface area contributed by atoms with Gasteiger partial charge in [-0.25, -0.2) is 0 Å². The van der Waals surface area contributed by atoms with E-state index in [1.54, 1.807) is 0 Å². The lowest BCUT2D eigenvalue weighted by atomic mass is 9.85. The molecule has 0 radical (unpaired) electrons. The quantitative estimate of drug-likeness (QED) is 0.763. The van der Waals surface area contributed by atoms with Gasteiger partial charge in [0.25, 0.3) is 0 Å². The van der Waals surface area contributed by atoms with Crippen LogP contribution in [0, 0.1) is 5.92 Å². The van der Waals surface area contributed by atoms with Gasteiger partial charge in [0.2, 0.25) is 0 Å². The maximum absolute atomic E-state index is 3.62. The van der Waals surface area contributed by atoms with Crippen LogP contribution in [0.3, 0.4) is 0 Å². The second-order valence-electron chi connectivity index (χ2n) is 6.01. The predicted molar refractivity (Wildman–Crippen MR) is 90.0 cm³/mol. The minimum atomic E-state index is 0.460. The molecule has 0 spiro atoms. The van der Waals surface area contributed by atoms with E-state index in [4.69, 9.17) is 0 Å². The Morgan fingerprint density at radius 1 is 1.40 bits per heavy atom. The highest BCUT2D eigenvalue weighted by Gasteiger charge is 2.19. The van der Waals surface area contributed by atoms with Gasteiger partial charge in [-0.3, -0.25) is 0 Å². The molecule has 1 aliphatic rings. The van der Waals surface area contributed by atoms with Crippen molar-refractivity contribution < 1.29 is 0 Å². The lowest BCUT2D eigenvalue weighted by Crippen LogP contribution is -2.32. The highest BCUT2D eigenvalue weighted by atomic mass is 79.9. The number of hydrogen-bond donors (Lipinski definition) is 1. The maximum Gasteiger partial charge on any atom is 0.0332 e. The molecule has 0 amide bonds. The molecule has 20 heavy (non-hydrogen) atoms. The Hall–Kier alpha value is -0.380. The normalized spacial score (nSPS) is 17.2. The molecule has 0 saturated heterocycles. The Morgan fingerprint density at radius 3 is 2.80 bits per heavy atom.